The Labute approximate surface area is 194 Å². The van der Waals surface area contributed by atoms with Gasteiger partial charge in [-0.2, -0.15) is 0 Å². The maximum atomic E-state index is 12.5. The summed E-state index contributed by atoms with van der Waals surface area (Å²) in [6.45, 7) is 9.72. The summed E-state index contributed by atoms with van der Waals surface area (Å²) in [4.78, 5) is 17.3. The molecule has 2 aromatic carbocycles. The van der Waals surface area contributed by atoms with E-state index in [1.165, 1.54) is 17.4 Å². The van der Waals surface area contributed by atoms with Gasteiger partial charge in [-0.1, -0.05) is 38.1 Å². The van der Waals surface area contributed by atoms with Crippen LogP contribution in [0.2, 0.25) is 0 Å². The molecule has 0 saturated heterocycles. The zero-order valence-corrected chi connectivity index (χ0v) is 19.7. The lowest BCUT2D eigenvalue weighted by molar-refractivity contribution is 0.0909. The fourth-order valence-corrected chi connectivity index (χ4v) is 4.05. The number of hydrogen-bond acceptors (Lipinski definition) is 4. The summed E-state index contributed by atoms with van der Waals surface area (Å²) in [5, 5.41) is 3.00. The summed E-state index contributed by atoms with van der Waals surface area (Å²) in [7, 11) is 0. The fraction of sp³-hybridized carbons (Fsp3) is 0.333. The van der Waals surface area contributed by atoms with Gasteiger partial charge in [-0.25, -0.2) is 4.98 Å². The van der Waals surface area contributed by atoms with Crippen LogP contribution in [-0.2, 0) is 6.54 Å². The minimum Gasteiger partial charge on any atom is -0.493 e. The van der Waals surface area contributed by atoms with E-state index in [1.807, 2.05) is 25.1 Å². The molecule has 4 rings (SSSR count). The molecule has 0 fully saturated rings. The third kappa shape index (κ3) is 5.11. The van der Waals surface area contributed by atoms with Gasteiger partial charge in [0.2, 0.25) is 0 Å². The van der Waals surface area contributed by atoms with Crippen molar-refractivity contribution in [2.45, 2.75) is 52.6 Å². The number of nitrogens with zero attached hydrogens (tertiary/aromatic N) is 2. The monoisotopic (exact) mass is 445 g/mol. The standard InChI is InChI=1S/C27H31N3O3/c1-18(2)21-13-12-19(3)17-25(21)33-16-8-14-30-23-10-6-5-9-22(23)29-26(30)20(4)28-27(31)24-11-7-15-32-24/h5-7,9-13,15,17-18,20H,8,14,16H2,1-4H3,(H,28,31)/t20-/m1/s1. The maximum Gasteiger partial charge on any atom is 0.287 e. The zero-order valence-electron chi connectivity index (χ0n) is 19.7. The Hall–Kier alpha value is -3.54. The highest BCUT2D eigenvalue weighted by atomic mass is 16.5. The molecule has 1 atom stereocenters. The van der Waals surface area contributed by atoms with E-state index >= 15 is 0 Å². The average Bonchev–Trinajstić information content (AvgIpc) is 3.45. The van der Waals surface area contributed by atoms with Crippen molar-refractivity contribution in [3.8, 4) is 5.75 Å². The summed E-state index contributed by atoms with van der Waals surface area (Å²) in [5.41, 5.74) is 4.38. The number of rotatable bonds is 9. The molecule has 2 aromatic heterocycles. The van der Waals surface area contributed by atoms with Crippen LogP contribution in [0.4, 0.5) is 0 Å². The predicted molar refractivity (Wildman–Crippen MR) is 130 cm³/mol. The zero-order chi connectivity index (χ0) is 23.4. The van der Waals surface area contributed by atoms with E-state index in [0.29, 0.717) is 12.5 Å². The van der Waals surface area contributed by atoms with Gasteiger partial charge >= 0.3 is 0 Å². The first kappa shape index (κ1) is 22.6. The maximum absolute atomic E-state index is 12.5. The molecule has 0 aliphatic rings. The number of ether oxygens (including phenoxy) is 1. The second-order valence-corrected chi connectivity index (χ2v) is 8.68. The molecule has 1 amide bonds. The van der Waals surface area contributed by atoms with E-state index < -0.39 is 0 Å². The van der Waals surface area contributed by atoms with Crippen molar-refractivity contribution in [1.29, 1.82) is 0 Å². The van der Waals surface area contributed by atoms with Gasteiger partial charge in [0.25, 0.3) is 5.91 Å². The number of para-hydroxylation sites is 2. The van der Waals surface area contributed by atoms with Crippen LogP contribution in [0.15, 0.2) is 65.3 Å². The van der Waals surface area contributed by atoms with Crippen LogP contribution in [0.25, 0.3) is 11.0 Å². The molecule has 6 nitrogen and oxygen atoms in total. The first-order valence-corrected chi connectivity index (χ1v) is 11.5. The van der Waals surface area contributed by atoms with Gasteiger partial charge in [-0.3, -0.25) is 4.79 Å². The second kappa shape index (κ2) is 9.94. The third-order valence-electron chi connectivity index (χ3n) is 5.74. The van der Waals surface area contributed by atoms with Gasteiger partial charge in [-0.15, -0.1) is 0 Å². The number of aromatic nitrogens is 2. The van der Waals surface area contributed by atoms with E-state index in [4.69, 9.17) is 14.1 Å². The van der Waals surface area contributed by atoms with E-state index in [-0.39, 0.29) is 17.7 Å². The van der Waals surface area contributed by atoms with E-state index in [9.17, 15) is 4.79 Å². The van der Waals surface area contributed by atoms with Crippen LogP contribution in [-0.4, -0.2) is 22.1 Å². The van der Waals surface area contributed by atoms with Crippen molar-refractivity contribution in [2.24, 2.45) is 0 Å². The minimum absolute atomic E-state index is 0.255. The van der Waals surface area contributed by atoms with Crippen molar-refractivity contribution >= 4 is 16.9 Å². The smallest absolute Gasteiger partial charge is 0.287 e. The molecule has 0 spiro atoms. The number of fused-ring (bicyclic) bond motifs is 1. The molecular weight excluding hydrogens is 414 g/mol. The Morgan fingerprint density at radius 2 is 1.94 bits per heavy atom. The summed E-state index contributed by atoms with van der Waals surface area (Å²) in [6.07, 6.45) is 2.31. The number of furan rings is 1. The number of benzene rings is 2. The molecule has 6 heteroatoms. The number of aryl methyl sites for hydroxylation is 2. The largest absolute Gasteiger partial charge is 0.493 e. The average molecular weight is 446 g/mol. The van der Waals surface area contributed by atoms with Crippen molar-refractivity contribution in [1.82, 2.24) is 14.9 Å². The van der Waals surface area contributed by atoms with Gasteiger partial charge in [0.05, 0.1) is 29.9 Å². The molecule has 172 valence electrons. The highest BCUT2D eigenvalue weighted by molar-refractivity contribution is 5.91. The number of hydrogen-bond donors (Lipinski definition) is 1. The predicted octanol–water partition coefficient (Wildman–Crippen LogP) is 6.02. The molecule has 0 bridgehead atoms. The van der Waals surface area contributed by atoms with Gasteiger partial charge in [-0.05, 0) is 67.6 Å². The second-order valence-electron chi connectivity index (χ2n) is 8.68. The Bertz CT molecular complexity index is 1220. The molecule has 4 aromatic rings. The minimum atomic E-state index is -0.278. The molecule has 0 radical (unpaired) electrons. The van der Waals surface area contributed by atoms with Crippen molar-refractivity contribution in [3.05, 3.63) is 83.6 Å². The Morgan fingerprint density at radius 3 is 2.70 bits per heavy atom. The summed E-state index contributed by atoms with van der Waals surface area (Å²) < 4.78 is 13.6. The fourth-order valence-electron chi connectivity index (χ4n) is 4.05. The molecular formula is C27H31N3O3. The van der Waals surface area contributed by atoms with E-state index in [2.05, 4.69) is 54.9 Å². The summed E-state index contributed by atoms with van der Waals surface area (Å²) >= 11 is 0. The molecule has 1 N–H and O–H groups in total. The number of amides is 1. The SMILES string of the molecule is Cc1ccc(C(C)C)c(OCCCn2c([C@@H](C)NC(=O)c3ccco3)nc3ccccc32)c1. The Kier molecular flexibility index (Phi) is 6.82. The van der Waals surface area contributed by atoms with Crippen LogP contribution >= 0.6 is 0 Å². The van der Waals surface area contributed by atoms with Gasteiger partial charge < -0.3 is 19.0 Å². The normalized spacial score (nSPS) is 12.3. The molecule has 33 heavy (non-hydrogen) atoms. The van der Waals surface area contributed by atoms with Crippen LogP contribution in [0.5, 0.6) is 5.75 Å². The summed E-state index contributed by atoms with van der Waals surface area (Å²) in [5.74, 6) is 2.21. The summed E-state index contributed by atoms with van der Waals surface area (Å²) in [6, 6.07) is 17.5. The van der Waals surface area contributed by atoms with Crippen LogP contribution in [0, 0.1) is 6.92 Å². The highest BCUT2D eigenvalue weighted by Crippen LogP contribution is 2.28. The van der Waals surface area contributed by atoms with Crippen molar-refractivity contribution in [3.63, 3.8) is 0 Å². The van der Waals surface area contributed by atoms with Crippen molar-refractivity contribution in [2.75, 3.05) is 6.61 Å². The topological polar surface area (TPSA) is 69.3 Å². The highest BCUT2D eigenvalue weighted by Gasteiger charge is 2.20. The van der Waals surface area contributed by atoms with E-state index in [1.54, 1.807) is 12.1 Å². The van der Waals surface area contributed by atoms with E-state index in [0.717, 1.165) is 35.6 Å². The number of imidazole rings is 1. The number of carbonyl (C=O) groups is 1. The quantitative estimate of drug-likeness (QED) is 0.320. The first-order chi connectivity index (χ1) is 15.9. The van der Waals surface area contributed by atoms with Crippen LogP contribution < -0.4 is 10.1 Å². The number of carbonyl (C=O) groups excluding carboxylic acids is 1. The van der Waals surface area contributed by atoms with Crippen molar-refractivity contribution < 1.29 is 13.9 Å². The lowest BCUT2D eigenvalue weighted by atomic mass is 10.0. The van der Waals surface area contributed by atoms with Gasteiger partial charge in [0.15, 0.2) is 5.76 Å². The number of nitrogens with one attached hydrogen (secondary N) is 1. The molecule has 0 aliphatic carbocycles. The molecule has 0 aliphatic heterocycles. The lowest BCUT2D eigenvalue weighted by Gasteiger charge is -2.17. The lowest BCUT2D eigenvalue weighted by Crippen LogP contribution is -2.28. The Morgan fingerprint density at radius 1 is 1.12 bits per heavy atom. The molecule has 2 heterocycles. The van der Waals surface area contributed by atoms with Crippen LogP contribution in [0.1, 0.15) is 66.7 Å². The molecule has 0 saturated carbocycles. The van der Waals surface area contributed by atoms with Gasteiger partial charge in [0.1, 0.15) is 11.6 Å². The Balaban J connectivity index is 1.48. The third-order valence-corrected chi connectivity index (χ3v) is 5.74. The first-order valence-electron chi connectivity index (χ1n) is 11.5. The van der Waals surface area contributed by atoms with Gasteiger partial charge in [0, 0.05) is 6.54 Å². The molecule has 0 unspecified atom stereocenters. The van der Waals surface area contributed by atoms with Crippen LogP contribution in [0.3, 0.4) is 0 Å².